The largest absolute Gasteiger partial charge is 0.491 e. The van der Waals surface area contributed by atoms with Crippen molar-refractivity contribution in [3.63, 3.8) is 0 Å². The van der Waals surface area contributed by atoms with Crippen LogP contribution in [0, 0.1) is 6.92 Å². The molecule has 0 radical (unpaired) electrons. The van der Waals surface area contributed by atoms with E-state index in [1.54, 1.807) is 19.1 Å². The van der Waals surface area contributed by atoms with Crippen molar-refractivity contribution in [2.24, 2.45) is 0 Å². The molecule has 2 N–H and O–H groups in total. The molecule has 28 heavy (non-hydrogen) atoms. The number of nitrogens with one attached hydrogen (secondary N) is 2. The summed E-state index contributed by atoms with van der Waals surface area (Å²) >= 11 is 0. The first-order valence-electron chi connectivity index (χ1n) is 9.16. The zero-order valence-electron chi connectivity index (χ0n) is 16.5. The average molecular weight is 376 g/mol. The quantitative estimate of drug-likeness (QED) is 0.548. The number of nitrogens with zero attached hydrogens (tertiary/aromatic N) is 2. The molecule has 0 fully saturated rings. The molecule has 0 aliphatic rings. The van der Waals surface area contributed by atoms with Crippen molar-refractivity contribution in [1.29, 1.82) is 0 Å². The fourth-order valence-electron chi connectivity index (χ4n) is 2.64. The minimum absolute atomic E-state index is 0.0423. The number of aromatic nitrogens is 2. The first kappa shape index (κ1) is 19.4. The molecule has 0 amide bonds. The Kier molecular flexibility index (Phi) is 5.89. The van der Waals surface area contributed by atoms with Crippen molar-refractivity contribution >= 4 is 28.9 Å². The highest BCUT2D eigenvalue weighted by molar-refractivity contribution is 5.94. The smallest absolute Gasteiger partial charge is 0.229 e. The molecule has 0 aliphatic heterocycles. The SMILES string of the molecule is CC(=O)c1ccc(Nc2cc(C)nc(Nc3ccc(OC(C)C)cc3)n2)cc1. The van der Waals surface area contributed by atoms with Gasteiger partial charge in [0.1, 0.15) is 11.6 Å². The van der Waals surface area contributed by atoms with Gasteiger partial charge in [-0.1, -0.05) is 0 Å². The summed E-state index contributed by atoms with van der Waals surface area (Å²) in [4.78, 5) is 20.4. The van der Waals surface area contributed by atoms with Crippen molar-refractivity contribution < 1.29 is 9.53 Å². The number of carbonyl (C=O) groups excluding carboxylic acids is 1. The van der Waals surface area contributed by atoms with Crippen LogP contribution in [0.25, 0.3) is 0 Å². The number of ether oxygens (including phenoxy) is 1. The highest BCUT2D eigenvalue weighted by atomic mass is 16.5. The lowest BCUT2D eigenvalue weighted by molar-refractivity contribution is 0.101. The van der Waals surface area contributed by atoms with Gasteiger partial charge in [0.2, 0.25) is 5.95 Å². The first-order valence-corrected chi connectivity index (χ1v) is 9.16. The lowest BCUT2D eigenvalue weighted by atomic mass is 10.1. The van der Waals surface area contributed by atoms with Gasteiger partial charge in [0.25, 0.3) is 0 Å². The van der Waals surface area contributed by atoms with Crippen LogP contribution < -0.4 is 15.4 Å². The van der Waals surface area contributed by atoms with E-state index in [0.717, 1.165) is 22.8 Å². The van der Waals surface area contributed by atoms with E-state index in [2.05, 4.69) is 20.6 Å². The molecule has 6 nitrogen and oxygen atoms in total. The molecule has 0 saturated carbocycles. The highest BCUT2D eigenvalue weighted by Crippen LogP contribution is 2.22. The van der Waals surface area contributed by atoms with Crippen LogP contribution in [0.4, 0.5) is 23.1 Å². The van der Waals surface area contributed by atoms with Gasteiger partial charge in [0.15, 0.2) is 5.78 Å². The minimum Gasteiger partial charge on any atom is -0.491 e. The Morgan fingerprint density at radius 1 is 0.929 bits per heavy atom. The fraction of sp³-hybridized carbons (Fsp3) is 0.227. The normalized spacial score (nSPS) is 10.6. The molecule has 1 heterocycles. The molecule has 0 saturated heterocycles. The second-order valence-corrected chi connectivity index (χ2v) is 6.79. The highest BCUT2D eigenvalue weighted by Gasteiger charge is 2.05. The molecule has 0 aliphatic carbocycles. The third kappa shape index (κ3) is 5.30. The summed E-state index contributed by atoms with van der Waals surface area (Å²) < 4.78 is 5.66. The van der Waals surface area contributed by atoms with Crippen LogP contribution in [0.2, 0.25) is 0 Å². The number of ketones is 1. The molecule has 0 spiro atoms. The van der Waals surface area contributed by atoms with Gasteiger partial charge >= 0.3 is 0 Å². The zero-order valence-corrected chi connectivity index (χ0v) is 16.5. The number of anilines is 4. The third-order valence-electron chi connectivity index (χ3n) is 3.90. The van der Waals surface area contributed by atoms with E-state index in [1.807, 2.05) is 63.2 Å². The summed E-state index contributed by atoms with van der Waals surface area (Å²) in [6.07, 6.45) is 0.136. The zero-order chi connectivity index (χ0) is 20.1. The van der Waals surface area contributed by atoms with Gasteiger partial charge in [0, 0.05) is 28.7 Å². The lowest BCUT2D eigenvalue weighted by Gasteiger charge is -2.12. The summed E-state index contributed by atoms with van der Waals surface area (Å²) in [5.74, 6) is 2.04. The van der Waals surface area contributed by atoms with E-state index >= 15 is 0 Å². The van der Waals surface area contributed by atoms with Gasteiger partial charge < -0.3 is 15.4 Å². The number of hydrogen-bond donors (Lipinski definition) is 2. The average Bonchev–Trinajstić information content (AvgIpc) is 2.63. The van der Waals surface area contributed by atoms with Crippen molar-refractivity contribution in [3.05, 3.63) is 65.9 Å². The first-order chi connectivity index (χ1) is 13.4. The Labute approximate surface area is 165 Å². The van der Waals surface area contributed by atoms with Crippen LogP contribution in [0.5, 0.6) is 5.75 Å². The Balaban J connectivity index is 1.73. The molecule has 2 aromatic carbocycles. The van der Waals surface area contributed by atoms with Crippen LogP contribution in [0.3, 0.4) is 0 Å². The van der Waals surface area contributed by atoms with Crippen molar-refractivity contribution in [2.45, 2.75) is 33.8 Å². The van der Waals surface area contributed by atoms with Gasteiger partial charge in [-0.2, -0.15) is 4.98 Å². The predicted octanol–water partition coefficient (Wildman–Crippen LogP) is 5.26. The van der Waals surface area contributed by atoms with Crippen LogP contribution in [0.15, 0.2) is 54.6 Å². The number of benzene rings is 2. The summed E-state index contributed by atoms with van der Waals surface area (Å²) in [6, 6.07) is 16.8. The Hall–Kier alpha value is -3.41. The summed E-state index contributed by atoms with van der Waals surface area (Å²) in [6.45, 7) is 7.45. The molecule has 0 unspecified atom stereocenters. The molecule has 6 heteroatoms. The van der Waals surface area contributed by atoms with E-state index < -0.39 is 0 Å². The maximum atomic E-state index is 11.4. The van der Waals surface area contributed by atoms with Crippen molar-refractivity contribution in [1.82, 2.24) is 9.97 Å². The summed E-state index contributed by atoms with van der Waals surface area (Å²) in [5.41, 5.74) is 3.24. The Morgan fingerprint density at radius 2 is 1.54 bits per heavy atom. The summed E-state index contributed by atoms with van der Waals surface area (Å²) in [7, 11) is 0. The monoisotopic (exact) mass is 376 g/mol. The Morgan fingerprint density at radius 3 is 2.14 bits per heavy atom. The number of hydrogen-bond acceptors (Lipinski definition) is 6. The molecular formula is C22H24N4O2. The number of Topliss-reactive ketones (excluding diaryl/α,β-unsaturated/α-hetero) is 1. The van der Waals surface area contributed by atoms with Gasteiger partial charge in [0.05, 0.1) is 6.10 Å². The van der Waals surface area contributed by atoms with E-state index in [9.17, 15) is 4.79 Å². The van der Waals surface area contributed by atoms with E-state index in [0.29, 0.717) is 17.3 Å². The predicted molar refractivity (Wildman–Crippen MR) is 112 cm³/mol. The molecule has 0 bridgehead atoms. The number of carbonyl (C=O) groups is 1. The van der Waals surface area contributed by atoms with Crippen molar-refractivity contribution in [2.75, 3.05) is 10.6 Å². The van der Waals surface area contributed by atoms with Gasteiger partial charge in [-0.05, 0) is 76.2 Å². The number of rotatable bonds is 7. The molecular weight excluding hydrogens is 352 g/mol. The maximum Gasteiger partial charge on any atom is 0.229 e. The molecule has 3 rings (SSSR count). The minimum atomic E-state index is 0.0423. The van der Waals surface area contributed by atoms with Gasteiger partial charge in [-0.15, -0.1) is 0 Å². The second-order valence-electron chi connectivity index (χ2n) is 6.79. The molecule has 1 aromatic heterocycles. The van der Waals surface area contributed by atoms with E-state index in [-0.39, 0.29) is 11.9 Å². The van der Waals surface area contributed by atoms with E-state index in [4.69, 9.17) is 4.74 Å². The molecule has 144 valence electrons. The molecule has 0 atom stereocenters. The van der Waals surface area contributed by atoms with Crippen LogP contribution in [0.1, 0.15) is 36.8 Å². The van der Waals surface area contributed by atoms with Gasteiger partial charge in [-0.25, -0.2) is 4.98 Å². The van der Waals surface area contributed by atoms with Crippen LogP contribution in [-0.2, 0) is 0 Å². The van der Waals surface area contributed by atoms with Crippen LogP contribution >= 0.6 is 0 Å². The van der Waals surface area contributed by atoms with E-state index in [1.165, 1.54) is 0 Å². The topological polar surface area (TPSA) is 76.1 Å². The fourth-order valence-corrected chi connectivity index (χ4v) is 2.64. The number of aryl methyl sites for hydroxylation is 1. The van der Waals surface area contributed by atoms with Crippen molar-refractivity contribution in [3.8, 4) is 5.75 Å². The maximum absolute atomic E-state index is 11.4. The van der Waals surface area contributed by atoms with Gasteiger partial charge in [-0.3, -0.25) is 4.79 Å². The van der Waals surface area contributed by atoms with Crippen LogP contribution in [-0.4, -0.2) is 21.9 Å². The standard InChI is InChI=1S/C22H24N4O2/c1-14(2)28-20-11-9-19(10-12-20)25-22-23-15(3)13-21(26-22)24-18-7-5-17(6-8-18)16(4)27/h5-14H,1-4H3,(H2,23,24,25,26). The lowest BCUT2D eigenvalue weighted by Crippen LogP contribution is -2.05. The Bertz CT molecular complexity index is 951. The third-order valence-corrected chi connectivity index (χ3v) is 3.90. The molecule has 3 aromatic rings. The second kappa shape index (κ2) is 8.52. The summed E-state index contributed by atoms with van der Waals surface area (Å²) in [5, 5.41) is 6.46.